The standard InChI is InChI=1S/C15H16N2O2S/c1-11-4-2-3-5-12(11)8-16-14(18)9-17-15(19)13-6-7-20-10-13/h2-7,10H,8-9H2,1H3,(H,16,18)(H,17,19). The largest absolute Gasteiger partial charge is 0.350 e. The number of carbonyl (C=O) groups is 2. The molecule has 0 atom stereocenters. The topological polar surface area (TPSA) is 58.2 Å². The van der Waals surface area contributed by atoms with Crippen LogP contribution in [0.1, 0.15) is 21.5 Å². The van der Waals surface area contributed by atoms with E-state index in [4.69, 9.17) is 0 Å². The molecule has 2 rings (SSSR count). The number of benzene rings is 1. The molecule has 2 aromatic rings. The van der Waals surface area contributed by atoms with Crippen molar-refractivity contribution in [2.45, 2.75) is 13.5 Å². The summed E-state index contributed by atoms with van der Waals surface area (Å²) in [6.07, 6.45) is 0. The van der Waals surface area contributed by atoms with Crippen LogP contribution in [0.2, 0.25) is 0 Å². The maximum atomic E-state index is 11.7. The molecule has 0 bridgehead atoms. The lowest BCUT2D eigenvalue weighted by Crippen LogP contribution is -2.36. The van der Waals surface area contributed by atoms with Crippen LogP contribution in [0.25, 0.3) is 0 Å². The summed E-state index contributed by atoms with van der Waals surface area (Å²) in [5.74, 6) is -0.422. The van der Waals surface area contributed by atoms with Crippen LogP contribution in [-0.4, -0.2) is 18.4 Å². The average Bonchev–Trinajstić information content (AvgIpc) is 2.98. The van der Waals surface area contributed by atoms with Gasteiger partial charge in [0.25, 0.3) is 5.91 Å². The molecule has 0 saturated carbocycles. The number of amides is 2. The maximum absolute atomic E-state index is 11.7. The molecule has 2 amide bonds. The second kappa shape index (κ2) is 6.86. The van der Waals surface area contributed by atoms with Crippen LogP contribution in [0, 0.1) is 6.92 Å². The molecule has 0 saturated heterocycles. The molecule has 0 unspecified atom stereocenters. The SMILES string of the molecule is Cc1ccccc1CNC(=O)CNC(=O)c1ccsc1. The van der Waals surface area contributed by atoms with Gasteiger partial charge in [0.05, 0.1) is 6.54 Å². The number of hydrogen-bond acceptors (Lipinski definition) is 3. The van der Waals surface area contributed by atoms with Crippen molar-refractivity contribution in [1.82, 2.24) is 10.6 Å². The van der Waals surface area contributed by atoms with E-state index in [1.165, 1.54) is 11.3 Å². The molecule has 0 aliphatic rings. The minimum atomic E-state index is -0.225. The average molecular weight is 288 g/mol. The van der Waals surface area contributed by atoms with Gasteiger partial charge in [-0.05, 0) is 29.5 Å². The van der Waals surface area contributed by atoms with Crippen molar-refractivity contribution >= 4 is 23.2 Å². The Kier molecular flexibility index (Phi) is 4.90. The van der Waals surface area contributed by atoms with Crippen molar-refractivity contribution in [2.24, 2.45) is 0 Å². The van der Waals surface area contributed by atoms with E-state index in [0.717, 1.165) is 11.1 Å². The van der Waals surface area contributed by atoms with E-state index in [1.807, 2.05) is 36.6 Å². The number of carbonyl (C=O) groups excluding carboxylic acids is 2. The normalized spacial score (nSPS) is 10.1. The Bertz CT molecular complexity index is 594. The molecule has 104 valence electrons. The summed E-state index contributed by atoms with van der Waals surface area (Å²) in [5.41, 5.74) is 2.79. The summed E-state index contributed by atoms with van der Waals surface area (Å²) >= 11 is 1.45. The molecule has 0 aliphatic carbocycles. The van der Waals surface area contributed by atoms with Gasteiger partial charge in [0.2, 0.25) is 5.91 Å². The van der Waals surface area contributed by atoms with Crippen LogP contribution >= 0.6 is 11.3 Å². The molecular formula is C15H16N2O2S. The summed E-state index contributed by atoms with van der Waals surface area (Å²) in [7, 11) is 0. The molecule has 20 heavy (non-hydrogen) atoms. The van der Waals surface area contributed by atoms with Gasteiger partial charge in [0.1, 0.15) is 0 Å². The van der Waals surface area contributed by atoms with Gasteiger partial charge in [0.15, 0.2) is 0 Å². The highest BCUT2D eigenvalue weighted by Gasteiger charge is 2.08. The highest BCUT2D eigenvalue weighted by molar-refractivity contribution is 7.08. The van der Waals surface area contributed by atoms with E-state index < -0.39 is 0 Å². The number of thiophene rings is 1. The molecule has 1 aromatic carbocycles. The van der Waals surface area contributed by atoms with E-state index in [-0.39, 0.29) is 18.4 Å². The molecular weight excluding hydrogens is 272 g/mol. The number of hydrogen-bond donors (Lipinski definition) is 2. The van der Waals surface area contributed by atoms with Crippen molar-refractivity contribution < 1.29 is 9.59 Å². The fourth-order valence-electron chi connectivity index (χ4n) is 1.72. The zero-order valence-corrected chi connectivity index (χ0v) is 12.0. The van der Waals surface area contributed by atoms with Gasteiger partial charge >= 0.3 is 0 Å². The Labute approximate surface area is 121 Å². The molecule has 0 spiro atoms. The van der Waals surface area contributed by atoms with Crippen LogP contribution in [-0.2, 0) is 11.3 Å². The lowest BCUT2D eigenvalue weighted by Gasteiger charge is -2.08. The predicted molar refractivity (Wildman–Crippen MR) is 79.7 cm³/mol. The first kappa shape index (κ1) is 14.3. The first-order valence-corrected chi connectivity index (χ1v) is 7.22. The molecule has 0 radical (unpaired) electrons. The Morgan fingerprint density at radius 2 is 1.95 bits per heavy atom. The van der Waals surface area contributed by atoms with Gasteiger partial charge in [-0.1, -0.05) is 24.3 Å². The quantitative estimate of drug-likeness (QED) is 0.885. The van der Waals surface area contributed by atoms with E-state index in [1.54, 1.807) is 11.4 Å². The lowest BCUT2D eigenvalue weighted by atomic mass is 10.1. The molecule has 1 heterocycles. The van der Waals surface area contributed by atoms with Gasteiger partial charge in [-0.15, -0.1) is 0 Å². The monoisotopic (exact) mass is 288 g/mol. The predicted octanol–water partition coefficient (Wildman–Crippen LogP) is 2.10. The van der Waals surface area contributed by atoms with Gasteiger partial charge < -0.3 is 10.6 Å². The Balaban J connectivity index is 1.76. The summed E-state index contributed by atoms with van der Waals surface area (Å²) in [5, 5.41) is 8.96. The third-order valence-electron chi connectivity index (χ3n) is 2.93. The number of aryl methyl sites for hydroxylation is 1. The van der Waals surface area contributed by atoms with E-state index in [2.05, 4.69) is 10.6 Å². The lowest BCUT2D eigenvalue weighted by molar-refractivity contribution is -0.120. The highest BCUT2D eigenvalue weighted by Crippen LogP contribution is 2.06. The number of rotatable bonds is 5. The molecule has 1 aromatic heterocycles. The molecule has 4 nitrogen and oxygen atoms in total. The first-order valence-electron chi connectivity index (χ1n) is 6.28. The van der Waals surface area contributed by atoms with E-state index >= 15 is 0 Å². The van der Waals surface area contributed by atoms with Crippen molar-refractivity contribution in [3.05, 3.63) is 57.8 Å². The van der Waals surface area contributed by atoms with Crippen molar-refractivity contribution in [3.8, 4) is 0 Å². The van der Waals surface area contributed by atoms with Gasteiger partial charge in [0, 0.05) is 17.5 Å². The fraction of sp³-hybridized carbons (Fsp3) is 0.200. The van der Waals surface area contributed by atoms with Crippen LogP contribution in [0.15, 0.2) is 41.1 Å². The van der Waals surface area contributed by atoms with Crippen LogP contribution < -0.4 is 10.6 Å². The van der Waals surface area contributed by atoms with Crippen molar-refractivity contribution in [3.63, 3.8) is 0 Å². The Hall–Kier alpha value is -2.14. The zero-order valence-electron chi connectivity index (χ0n) is 11.2. The maximum Gasteiger partial charge on any atom is 0.252 e. The smallest absolute Gasteiger partial charge is 0.252 e. The zero-order chi connectivity index (χ0) is 14.4. The first-order chi connectivity index (χ1) is 9.66. The Morgan fingerprint density at radius 1 is 1.15 bits per heavy atom. The summed E-state index contributed by atoms with van der Waals surface area (Å²) < 4.78 is 0. The fourth-order valence-corrected chi connectivity index (χ4v) is 2.36. The summed E-state index contributed by atoms with van der Waals surface area (Å²) in [6.45, 7) is 2.46. The molecule has 2 N–H and O–H groups in total. The minimum Gasteiger partial charge on any atom is -0.350 e. The van der Waals surface area contributed by atoms with Crippen molar-refractivity contribution in [1.29, 1.82) is 0 Å². The minimum absolute atomic E-state index is 0.0133. The number of nitrogens with one attached hydrogen (secondary N) is 2. The molecule has 5 heteroatoms. The second-order valence-electron chi connectivity index (χ2n) is 4.40. The second-order valence-corrected chi connectivity index (χ2v) is 5.18. The Morgan fingerprint density at radius 3 is 2.65 bits per heavy atom. The van der Waals surface area contributed by atoms with Crippen LogP contribution in [0.5, 0.6) is 0 Å². The highest BCUT2D eigenvalue weighted by atomic mass is 32.1. The van der Waals surface area contributed by atoms with Crippen molar-refractivity contribution in [2.75, 3.05) is 6.54 Å². The van der Waals surface area contributed by atoms with Gasteiger partial charge in [-0.25, -0.2) is 0 Å². The molecule has 0 fully saturated rings. The third kappa shape index (κ3) is 3.93. The summed E-state index contributed by atoms with van der Waals surface area (Å²) in [6, 6.07) is 9.60. The van der Waals surface area contributed by atoms with E-state index in [0.29, 0.717) is 12.1 Å². The molecule has 0 aliphatic heterocycles. The van der Waals surface area contributed by atoms with E-state index in [9.17, 15) is 9.59 Å². The van der Waals surface area contributed by atoms with Crippen LogP contribution in [0.3, 0.4) is 0 Å². The van der Waals surface area contributed by atoms with Crippen LogP contribution in [0.4, 0.5) is 0 Å². The third-order valence-corrected chi connectivity index (χ3v) is 3.61. The van der Waals surface area contributed by atoms with Gasteiger partial charge in [-0.3, -0.25) is 9.59 Å². The van der Waals surface area contributed by atoms with Gasteiger partial charge in [-0.2, -0.15) is 11.3 Å². The summed E-state index contributed by atoms with van der Waals surface area (Å²) in [4.78, 5) is 23.3.